The van der Waals surface area contributed by atoms with Crippen molar-refractivity contribution >= 4 is 45.7 Å². The zero-order valence-corrected chi connectivity index (χ0v) is 17.7. The van der Waals surface area contributed by atoms with Gasteiger partial charge in [-0.3, -0.25) is 9.36 Å². The second-order valence-corrected chi connectivity index (χ2v) is 7.95. The van der Waals surface area contributed by atoms with Crippen LogP contribution in [-0.2, 0) is 11.3 Å². The van der Waals surface area contributed by atoms with Crippen molar-refractivity contribution in [2.75, 3.05) is 11.1 Å². The Bertz CT molecular complexity index is 1200. The van der Waals surface area contributed by atoms with E-state index in [4.69, 9.17) is 11.6 Å². The van der Waals surface area contributed by atoms with Gasteiger partial charge in [-0.15, -0.1) is 16.8 Å². The molecule has 3 aromatic carbocycles. The van der Waals surface area contributed by atoms with E-state index in [-0.39, 0.29) is 11.7 Å². The van der Waals surface area contributed by atoms with E-state index in [2.05, 4.69) is 22.1 Å². The van der Waals surface area contributed by atoms with Crippen LogP contribution in [0.25, 0.3) is 22.2 Å². The summed E-state index contributed by atoms with van der Waals surface area (Å²) in [4.78, 5) is 12.6. The predicted octanol–water partition coefficient (Wildman–Crippen LogP) is 5.67. The molecule has 0 saturated carbocycles. The van der Waals surface area contributed by atoms with Gasteiger partial charge in [-0.1, -0.05) is 65.8 Å². The quantitative estimate of drug-likeness (QED) is 0.301. The van der Waals surface area contributed by atoms with Crippen molar-refractivity contribution in [2.45, 2.75) is 11.7 Å². The summed E-state index contributed by atoms with van der Waals surface area (Å²) in [6.07, 6.45) is 1.78. The van der Waals surface area contributed by atoms with Crippen LogP contribution >= 0.6 is 23.4 Å². The zero-order chi connectivity index (χ0) is 20.9. The van der Waals surface area contributed by atoms with Gasteiger partial charge in [0.2, 0.25) is 5.91 Å². The SMILES string of the molecule is C=CCn1c(SCC(=O)Nc2cccc3ccccc23)nnc1-c1ccc(Cl)cc1. The number of nitrogens with one attached hydrogen (secondary N) is 1. The Morgan fingerprint density at radius 3 is 2.63 bits per heavy atom. The first-order valence-corrected chi connectivity index (χ1v) is 10.7. The molecular formula is C23H19ClN4OS. The van der Waals surface area contributed by atoms with Crippen LogP contribution in [0.4, 0.5) is 5.69 Å². The molecule has 1 heterocycles. The highest BCUT2D eigenvalue weighted by atomic mass is 35.5. The number of nitrogens with zero attached hydrogens (tertiary/aromatic N) is 3. The van der Waals surface area contributed by atoms with Gasteiger partial charge >= 0.3 is 0 Å². The topological polar surface area (TPSA) is 59.8 Å². The molecule has 0 unspecified atom stereocenters. The molecule has 0 bridgehead atoms. The molecule has 0 radical (unpaired) electrons. The summed E-state index contributed by atoms with van der Waals surface area (Å²) in [6.45, 7) is 4.36. The highest BCUT2D eigenvalue weighted by molar-refractivity contribution is 7.99. The Morgan fingerprint density at radius 1 is 1.07 bits per heavy atom. The molecule has 4 rings (SSSR count). The number of fused-ring (bicyclic) bond motifs is 1. The van der Waals surface area contributed by atoms with E-state index >= 15 is 0 Å². The second kappa shape index (κ2) is 9.15. The molecule has 1 amide bonds. The van der Waals surface area contributed by atoms with E-state index < -0.39 is 0 Å². The van der Waals surface area contributed by atoms with E-state index in [1.165, 1.54) is 11.8 Å². The van der Waals surface area contributed by atoms with E-state index in [1.807, 2.05) is 71.3 Å². The summed E-state index contributed by atoms with van der Waals surface area (Å²) in [6, 6.07) is 21.2. The lowest BCUT2D eigenvalue weighted by Gasteiger charge is -2.10. The number of halogens is 1. The van der Waals surface area contributed by atoms with Crippen LogP contribution < -0.4 is 5.32 Å². The van der Waals surface area contributed by atoms with Crippen LogP contribution in [-0.4, -0.2) is 26.4 Å². The Balaban J connectivity index is 1.49. The smallest absolute Gasteiger partial charge is 0.234 e. The van der Waals surface area contributed by atoms with Crippen molar-refractivity contribution in [3.05, 3.63) is 84.4 Å². The lowest BCUT2D eigenvalue weighted by atomic mass is 10.1. The monoisotopic (exact) mass is 434 g/mol. The normalized spacial score (nSPS) is 10.8. The maximum Gasteiger partial charge on any atom is 0.234 e. The molecule has 0 saturated heterocycles. The third kappa shape index (κ3) is 4.40. The average molecular weight is 435 g/mol. The maximum absolute atomic E-state index is 12.6. The maximum atomic E-state index is 12.6. The molecule has 5 nitrogen and oxygen atoms in total. The number of amides is 1. The lowest BCUT2D eigenvalue weighted by molar-refractivity contribution is -0.113. The number of rotatable bonds is 7. The number of benzene rings is 3. The summed E-state index contributed by atoms with van der Waals surface area (Å²) in [5.74, 6) is 0.833. The summed E-state index contributed by atoms with van der Waals surface area (Å²) in [7, 11) is 0. The summed E-state index contributed by atoms with van der Waals surface area (Å²) >= 11 is 7.33. The van der Waals surface area contributed by atoms with E-state index in [0.29, 0.717) is 22.5 Å². The number of hydrogen-bond donors (Lipinski definition) is 1. The number of aromatic nitrogens is 3. The average Bonchev–Trinajstić information content (AvgIpc) is 3.16. The van der Waals surface area contributed by atoms with Crippen molar-refractivity contribution in [3.8, 4) is 11.4 Å². The van der Waals surface area contributed by atoms with Gasteiger partial charge in [-0.05, 0) is 35.7 Å². The number of anilines is 1. The van der Waals surface area contributed by atoms with Gasteiger partial charge < -0.3 is 5.32 Å². The Kier molecular flexibility index (Phi) is 6.16. The fraction of sp³-hybridized carbons (Fsp3) is 0.0870. The molecule has 0 fully saturated rings. The lowest BCUT2D eigenvalue weighted by Crippen LogP contribution is -2.15. The number of carbonyl (C=O) groups excluding carboxylic acids is 1. The van der Waals surface area contributed by atoms with Crippen molar-refractivity contribution in [2.24, 2.45) is 0 Å². The van der Waals surface area contributed by atoms with Gasteiger partial charge in [0.15, 0.2) is 11.0 Å². The molecule has 30 heavy (non-hydrogen) atoms. The first-order valence-electron chi connectivity index (χ1n) is 9.36. The third-order valence-electron chi connectivity index (χ3n) is 4.53. The highest BCUT2D eigenvalue weighted by Gasteiger charge is 2.15. The molecule has 0 aliphatic carbocycles. The number of thioether (sulfide) groups is 1. The molecule has 150 valence electrons. The minimum Gasteiger partial charge on any atom is -0.325 e. The standard InChI is InChI=1S/C23H19ClN4OS/c1-2-14-28-22(17-10-12-18(24)13-11-17)26-27-23(28)30-15-21(29)25-20-9-5-7-16-6-3-4-8-19(16)20/h2-13H,1,14-15H2,(H,25,29). The minimum absolute atomic E-state index is 0.0995. The van der Waals surface area contributed by atoms with Crippen molar-refractivity contribution in [3.63, 3.8) is 0 Å². The molecule has 1 N–H and O–H groups in total. The zero-order valence-electron chi connectivity index (χ0n) is 16.1. The summed E-state index contributed by atoms with van der Waals surface area (Å²) in [5.41, 5.74) is 1.70. The molecule has 0 aliphatic heterocycles. The van der Waals surface area contributed by atoms with Gasteiger partial charge in [0, 0.05) is 28.2 Å². The van der Waals surface area contributed by atoms with Gasteiger partial charge in [-0.2, -0.15) is 0 Å². The fourth-order valence-electron chi connectivity index (χ4n) is 3.15. The fourth-order valence-corrected chi connectivity index (χ4v) is 4.03. The molecular weight excluding hydrogens is 416 g/mol. The first-order chi connectivity index (χ1) is 14.7. The molecule has 4 aromatic rings. The first kappa shape index (κ1) is 20.2. The number of carbonyl (C=O) groups is 1. The van der Waals surface area contributed by atoms with Crippen LogP contribution in [0.3, 0.4) is 0 Å². The molecule has 0 aliphatic rings. The number of allylic oxidation sites excluding steroid dienone is 1. The van der Waals surface area contributed by atoms with Crippen LogP contribution in [0.1, 0.15) is 0 Å². The van der Waals surface area contributed by atoms with Crippen LogP contribution in [0.5, 0.6) is 0 Å². The Hall–Kier alpha value is -3.09. The second-order valence-electron chi connectivity index (χ2n) is 6.58. The number of hydrogen-bond acceptors (Lipinski definition) is 4. The van der Waals surface area contributed by atoms with Crippen LogP contribution in [0.15, 0.2) is 84.5 Å². The molecule has 0 spiro atoms. The Morgan fingerprint density at radius 2 is 1.83 bits per heavy atom. The van der Waals surface area contributed by atoms with Gasteiger partial charge in [-0.25, -0.2) is 0 Å². The summed E-state index contributed by atoms with van der Waals surface area (Å²) in [5, 5.41) is 15.0. The van der Waals surface area contributed by atoms with Crippen molar-refractivity contribution in [1.82, 2.24) is 14.8 Å². The van der Waals surface area contributed by atoms with Gasteiger partial charge in [0.1, 0.15) is 0 Å². The highest BCUT2D eigenvalue weighted by Crippen LogP contribution is 2.26. The summed E-state index contributed by atoms with van der Waals surface area (Å²) < 4.78 is 1.94. The van der Waals surface area contributed by atoms with E-state index in [1.54, 1.807) is 6.08 Å². The van der Waals surface area contributed by atoms with Gasteiger partial charge in [0.25, 0.3) is 0 Å². The van der Waals surface area contributed by atoms with Crippen LogP contribution in [0.2, 0.25) is 5.02 Å². The molecule has 0 atom stereocenters. The predicted molar refractivity (Wildman–Crippen MR) is 124 cm³/mol. The van der Waals surface area contributed by atoms with E-state index in [9.17, 15) is 4.79 Å². The Labute approximate surface area is 183 Å². The van der Waals surface area contributed by atoms with Crippen LogP contribution in [0, 0.1) is 0 Å². The third-order valence-corrected chi connectivity index (χ3v) is 5.75. The van der Waals surface area contributed by atoms with Crippen molar-refractivity contribution in [1.29, 1.82) is 0 Å². The van der Waals surface area contributed by atoms with Gasteiger partial charge in [0.05, 0.1) is 5.75 Å². The van der Waals surface area contributed by atoms with E-state index in [0.717, 1.165) is 22.0 Å². The largest absolute Gasteiger partial charge is 0.325 e. The molecule has 7 heteroatoms. The van der Waals surface area contributed by atoms with Crippen molar-refractivity contribution < 1.29 is 4.79 Å². The molecule has 1 aromatic heterocycles. The minimum atomic E-state index is -0.0995.